The van der Waals surface area contributed by atoms with E-state index in [0.29, 0.717) is 0 Å². The smallest absolute Gasteiger partial charge is 0.455 e. The Balaban J connectivity index is 1.85. The maximum atomic E-state index is 13.5. The van der Waals surface area contributed by atoms with Crippen molar-refractivity contribution in [3.05, 3.63) is 58.6 Å². The zero-order chi connectivity index (χ0) is 24.4. The van der Waals surface area contributed by atoms with Crippen LogP contribution in [0.5, 0.6) is 5.88 Å². The molecule has 0 bridgehead atoms. The second-order valence-corrected chi connectivity index (χ2v) is 6.71. The van der Waals surface area contributed by atoms with Crippen LogP contribution in [0.1, 0.15) is 22.1 Å². The van der Waals surface area contributed by atoms with Crippen LogP contribution in [0, 0.1) is 5.82 Å². The molecule has 3 rings (SSSR count). The van der Waals surface area contributed by atoms with Crippen LogP contribution in [0.15, 0.2) is 35.0 Å². The Morgan fingerprint density at radius 3 is 2.48 bits per heavy atom. The number of amides is 1. The highest BCUT2D eigenvalue weighted by Crippen LogP contribution is 2.33. The van der Waals surface area contributed by atoms with Gasteiger partial charge in [0.25, 0.3) is 11.7 Å². The minimum atomic E-state index is -4.84. The first-order chi connectivity index (χ1) is 15.3. The number of hydrogen-bond acceptors (Lipinski definition) is 6. The third kappa shape index (κ3) is 6.31. The van der Waals surface area contributed by atoms with E-state index in [-0.39, 0.29) is 21.7 Å². The quantitative estimate of drug-likeness (QED) is 0.490. The Morgan fingerprint density at radius 2 is 1.88 bits per heavy atom. The molecule has 0 saturated heterocycles. The number of alkyl halides is 6. The number of aromatic nitrogens is 3. The van der Waals surface area contributed by atoms with E-state index < -0.39 is 54.8 Å². The number of ether oxygens (including phenoxy) is 1. The fourth-order valence-electron chi connectivity index (χ4n) is 2.41. The molecule has 0 aliphatic heterocycles. The molecular formula is C18H10ClF7N4O3. The van der Waals surface area contributed by atoms with E-state index in [2.05, 4.69) is 29.7 Å². The monoisotopic (exact) mass is 498 g/mol. The Hall–Kier alpha value is -3.42. The van der Waals surface area contributed by atoms with E-state index in [0.717, 1.165) is 24.4 Å². The molecule has 0 atom stereocenters. The predicted molar refractivity (Wildman–Crippen MR) is 96.7 cm³/mol. The Labute approximate surface area is 184 Å². The van der Waals surface area contributed by atoms with Gasteiger partial charge in [-0.1, -0.05) is 22.8 Å². The summed E-state index contributed by atoms with van der Waals surface area (Å²) >= 11 is 5.72. The van der Waals surface area contributed by atoms with Gasteiger partial charge in [-0.3, -0.25) is 4.79 Å². The topological polar surface area (TPSA) is 90.1 Å². The molecule has 1 N–H and O–H groups in total. The van der Waals surface area contributed by atoms with Crippen molar-refractivity contribution in [3.63, 3.8) is 0 Å². The van der Waals surface area contributed by atoms with Crippen molar-refractivity contribution >= 4 is 17.5 Å². The molecule has 2 aromatic heterocycles. The van der Waals surface area contributed by atoms with Crippen molar-refractivity contribution in [2.45, 2.75) is 18.9 Å². The Bertz CT molecular complexity index is 1160. The summed E-state index contributed by atoms with van der Waals surface area (Å²) in [6, 6.07) is 4.31. The van der Waals surface area contributed by atoms with Crippen molar-refractivity contribution in [2.75, 3.05) is 6.61 Å². The summed E-state index contributed by atoms with van der Waals surface area (Å²) in [4.78, 5) is 19.2. The van der Waals surface area contributed by atoms with Gasteiger partial charge in [-0.15, -0.1) is 0 Å². The average Bonchev–Trinajstić information content (AvgIpc) is 3.21. The maximum Gasteiger partial charge on any atom is 0.455 e. The van der Waals surface area contributed by atoms with E-state index in [9.17, 15) is 35.5 Å². The zero-order valence-corrected chi connectivity index (χ0v) is 16.6. The second-order valence-electron chi connectivity index (χ2n) is 6.30. The van der Waals surface area contributed by atoms with Crippen LogP contribution in [-0.2, 0) is 12.7 Å². The largest absolute Gasteiger partial charge is 0.468 e. The molecule has 0 radical (unpaired) electrons. The molecule has 1 amide bonds. The third-order valence-corrected chi connectivity index (χ3v) is 4.13. The highest BCUT2D eigenvalue weighted by Gasteiger charge is 2.37. The first-order valence-electron chi connectivity index (χ1n) is 8.66. The molecular weight excluding hydrogens is 489 g/mol. The van der Waals surface area contributed by atoms with Gasteiger partial charge in [0.05, 0.1) is 17.1 Å². The van der Waals surface area contributed by atoms with Gasteiger partial charge in [-0.25, -0.2) is 9.37 Å². The van der Waals surface area contributed by atoms with Crippen molar-refractivity contribution < 1.29 is 44.8 Å². The number of pyridine rings is 1. The van der Waals surface area contributed by atoms with Crippen LogP contribution in [0.2, 0.25) is 5.02 Å². The molecule has 176 valence electrons. The van der Waals surface area contributed by atoms with Gasteiger partial charge in [0, 0.05) is 11.8 Å². The standard InChI is InChI=1S/C18H10ClF7N4O3/c19-11-4-8(1-2-12(11)20)10-3-9(5-28-15(10)32-7-17(21,22)23)14(31)27-6-13-29-16(30-33-13)18(24,25)26/h1-5H,6-7H2,(H,27,31). The lowest BCUT2D eigenvalue weighted by molar-refractivity contribution is -0.154. The summed E-state index contributed by atoms with van der Waals surface area (Å²) < 4.78 is 97.7. The van der Waals surface area contributed by atoms with Crippen molar-refractivity contribution in [1.29, 1.82) is 0 Å². The van der Waals surface area contributed by atoms with Crippen LogP contribution in [0.4, 0.5) is 30.7 Å². The zero-order valence-electron chi connectivity index (χ0n) is 15.9. The summed E-state index contributed by atoms with van der Waals surface area (Å²) in [5.41, 5.74) is -0.237. The molecule has 0 fully saturated rings. The van der Waals surface area contributed by atoms with Crippen molar-refractivity contribution in [3.8, 4) is 17.0 Å². The van der Waals surface area contributed by atoms with Gasteiger partial charge in [-0.05, 0) is 23.8 Å². The van der Waals surface area contributed by atoms with Gasteiger partial charge in [-0.2, -0.15) is 31.3 Å². The summed E-state index contributed by atoms with van der Waals surface area (Å²) in [6.07, 6.45) is -8.65. The number of carbonyl (C=O) groups excluding carboxylic acids is 1. The second kappa shape index (κ2) is 9.21. The molecule has 3 aromatic rings. The van der Waals surface area contributed by atoms with Crippen LogP contribution in [-0.4, -0.2) is 33.8 Å². The number of hydrogen-bond donors (Lipinski definition) is 1. The number of halogens is 8. The molecule has 0 saturated carbocycles. The van der Waals surface area contributed by atoms with E-state index in [1.807, 2.05) is 0 Å². The molecule has 7 nitrogen and oxygen atoms in total. The molecule has 15 heteroatoms. The fraction of sp³-hybridized carbons (Fsp3) is 0.222. The minimum absolute atomic E-state index is 0.0902. The lowest BCUT2D eigenvalue weighted by Gasteiger charge is -2.14. The number of carbonyl (C=O) groups is 1. The van der Waals surface area contributed by atoms with Crippen molar-refractivity contribution in [2.24, 2.45) is 0 Å². The highest BCUT2D eigenvalue weighted by atomic mass is 35.5. The van der Waals surface area contributed by atoms with Crippen LogP contribution in [0.25, 0.3) is 11.1 Å². The van der Waals surface area contributed by atoms with Crippen molar-refractivity contribution in [1.82, 2.24) is 20.4 Å². The number of benzene rings is 1. The van der Waals surface area contributed by atoms with Gasteiger partial charge in [0.15, 0.2) is 6.61 Å². The van der Waals surface area contributed by atoms with E-state index in [1.165, 1.54) is 6.07 Å². The van der Waals surface area contributed by atoms with Crippen LogP contribution < -0.4 is 10.1 Å². The SMILES string of the molecule is O=C(NCc1nc(C(F)(F)F)no1)c1cnc(OCC(F)(F)F)c(-c2ccc(F)c(Cl)c2)c1. The van der Waals surface area contributed by atoms with Gasteiger partial charge in [0.2, 0.25) is 11.8 Å². The lowest BCUT2D eigenvalue weighted by atomic mass is 10.0. The molecule has 2 heterocycles. The normalized spacial score (nSPS) is 12.0. The van der Waals surface area contributed by atoms with E-state index in [1.54, 1.807) is 0 Å². The summed E-state index contributed by atoms with van der Waals surface area (Å²) in [5, 5.41) is 4.59. The molecule has 0 aliphatic carbocycles. The first kappa shape index (κ1) is 24.2. The average molecular weight is 499 g/mol. The third-order valence-electron chi connectivity index (χ3n) is 3.84. The first-order valence-corrected chi connectivity index (χ1v) is 9.04. The van der Waals surface area contributed by atoms with E-state index in [4.69, 9.17) is 11.6 Å². The van der Waals surface area contributed by atoms with Gasteiger partial charge in [0.1, 0.15) is 5.82 Å². The predicted octanol–water partition coefficient (Wildman–Crippen LogP) is 4.81. The molecule has 33 heavy (non-hydrogen) atoms. The van der Waals surface area contributed by atoms with Crippen LogP contribution >= 0.6 is 11.6 Å². The maximum absolute atomic E-state index is 13.5. The summed E-state index contributed by atoms with van der Waals surface area (Å²) in [7, 11) is 0. The lowest BCUT2D eigenvalue weighted by Crippen LogP contribution is -2.24. The van der Waals surface area contributed by atoms with Gasteiger partial charge >= 0.3 is 12.4 Å². The summed E-state index contributed by atoms with van der Waals surface area (Å²) in [6.45, 7) is -2.27. The molecule has 0 aliphatic rings. The fourth-order valence-corrected chi connectivity index (χ4v) is 2.59. The molecule has 1 aromatic carbocycles. The van der Waals surface area contributed by atoms with Crippen LogP contribution in [0.3, 0.4) is 0 Å². The van der Waals surface area contributed by atoms with E-state index >= 15 is 0 Å². The molecule has 0 unspecified atom stereocenters. The Kier molecular flexibility index (Phi) is 6.76. The Morgan fingerprint density at radius 1 is 1.15 bits per heavy atom. The number of nitrogens with zero attached hydrogens (tertiary/aromatic N) is 3. The highest BCUT2D eigenvalue weighted by molar-refractivity contribution is 6.31. The summed E-state index contributed by atoms with van der Waals surface area (Å²) in [5.74, 6) is -4.27. The molecule has 0 spiro atoms. The minimum Gasteiger partial charge on any atom is -0.468 e. The number of rotatable bonds is 6. The number of nitrogens with one attached hydrogen (secondary N) is 1. The van der Waals surface area contributed by atoms with Gasteiger partial charge < -0.3 is 14.6 Å².